The Morgan fingerprint density at radius 2 is 2.06 bits per heavy atom. The van der Waals surface area contributed by atoms with Crippen molar-refractivity contribution in [1.82, 2.24) is 10.2 Å². The number of carboxylic acids is 1. The summed E-state index contributed by atoms with van der Waals surface area (Å²) in [6.07, 6.45) is 5.03. The fourth-order valence-electron chi connectivity index (χ4n) is 1.05. The van der Waals surface area contributed by atoms with E-state index in [0.717, 1.165) is 33.7 Å². The highest BCUT2D eigenvalue weighted by Gasteiger charge is 2.03. The van der Waals surface area contributed by atoms with Gasteiger partial charge in [0.25, 0.3) is 0 Å². The van der Waals surface area contributed by atoms with Crippen LogP contribution in [0.25, 0.3) is 0 Å². The largest absolute Gasteiger partial charge is 0.481 e. The molecule has 16 heavy (non-hydrogen) atoms. The maximum absolute atomic E-state index is 10.3. The molecule has 4 nitrogen and oxygen atoms in total. The van der Waals surface area contributed by atoms with E-state index in [4.69, 9.17) is 5.11 Å². The Morgan fingerprint density at radius 3 is 2.69 bits per heavy atom. The molecule has 0 aliphatic carbocycles. The molecule has 1 N–H and O–H groups in total. The third-order valence-electron chi connectivity index (χ3n) is 1.82. The standard InChI is InChI=1S/C9H14N2O2S3/c1-14-8-10-11-9(16-8)15-6-4-2-3-5-7(12)13/h2-6H2,1H3,(H,12,13). The quantitative estimate of drug-likeness (QED) is 0.582. The molecule has 7 heteroatoms. The Hall–Kier alpha value is -0.270. The van der Waals surface area contributed by atoms with E-state index in [9.17, 15) is 4.79 Å². The van der Waals surface area contributed by atoms with Gasteiger partial charge in [0.2, 0.25) is 0 Å². The summed E-state index contributed by atoms with van der Waals surface area (Å²) in [7, 11) is 0. The van der Waals surface area contributed by atoms with E-state index in [-0.39, 0.29) is 6.42 Å². The van der Waals surface area contributed by atoms with Crippen LogP contribution in [-0.2, 0) is 4.79 Å². The van der Waals surface area contributed by atoms with E-state index in [0.29, 0.717) is 0 Å². The summed E-state index contributed by atoms with van der Waals surface area (Å²) < 4.78 is 2.00. The van der Waals surface area contributed by atoms with E-state index in [1.807, 2.05) is 6.26 Å². The number of thioether (sulfide) groups is 2. The van der Waals surface area contributed by atoms with Gasteiger partial charge in [-0.3, -0.25) is 4.79 Å². The van der Waals surface area contributed by atoms with Crippen LogP contribution in [0, 0.1) is 0 Å². The average molecular weight is 278 g/mol. The first kappa shape index (κ1) is 13.8. The van der Waals surface area contributed by atoms with Crippen molar-refractivity contribution < 1.29 is 9.90 Å². The molecule has 0 bridgehead atoms. The molecule has 1 rings (SSSR count). The van der Waals surface area contributed by atoms with Gasteiger partial charge in [-0.05, 0) is 19.1 Å². The van der Waals surface area contributed by atoms with Crippen LogP contribution in [0.2, 0.25) is 0 Å². The molecular formula is C9H14N2O2S3. The van der Waals surface area contributed by atoms with Gasteiger partial charge >= 0.3 is 5.97 Å². The lowest BCUT2D eigenvalue weighted by molar-refractivity contribution is -0.137. The predicted octanol–water partition coefficient (Wildman–Crippen LogP) is 3.00. The van der Waals surface area contributed by atoms with Crippen molar-refractivity contribution in [3.63, 3.8) is 0 Å². The SMILES string of the molecule is CSc1nnc(SCCCCCC(=O)O)s1. The number of aliphatic carboxylic acids is 1. The Balaban J connectivity index is 2.04. The Kier molecular flexibility index (Phi) is 6.82. The number of carbonyl (C=O) groups is 1. The molecule has 0 saturated heterocycles. The molecule has 0 aromatic carbocycles. The molecular weight excluding hydrogens is 264 g/mol. The van der Waals surface area contributed by atoms with Gasteiger partial charge in [0.05, 0.1) is 0 Å². The molecule has 1 aromatic rings. The molecule has 0 unspecified atom stereocenters. The molecule has 1 aromatic heterocycles. The summed E-state index contributed by atoms with van der Waals surface area (Å²) in [4.78, 5) is 10.3. The van der Waals surface area contributed by atoms with E-state index in [1.54, 1.807) is 34.9 Å². The van der Waals surface area contributed by atoms with Gasteiger partial charge < -0.3 is 5.11 Å². The summed E-state index contributed by atoms with van der Waals surface area (Å²) in [6.45, 7) is 0. The van der Waals surface area contributed by atoms with Gasteiger partial charge in [-0.1, -0.05) is 41.3 Å². The maximum atomic E-state index is 10.3. The third-order valence-corrected chi connectivity index (χ3v) is 4.94. The fraction of sp³-hybridized carbons (Fsp3) is 0.667. The molecule has 1 heterocycles. The van der Waals surface area contributed by atoms with Gasteiger partial charge in [-0.25, -0.2) is 0 Å². The summed E-state index contributed by atoms with van der Waals surface area (Å²) in [6, 6.07) is 0. The van der Waals surface area contributed by atoms with Gasteiger partial charge in [0.15, 0.2) is 8.68 Å². The van der Waals surface area contributed by atoms with Crippen LogP contribution in [0.4, 0.5) is 0 Å². The minimum absolute atomic E-state index is 0.278. The topological polar surface area (TPSA) is 63.1 Å². The van der Waals surface area contributed by atoms with Crippen molar-refractivity contribution in [1.29, 1.82) is 0 Å². The first-order chi connectivity index (χ1) is 7.72. The lowest BCUT2D eigenvalue weighted by atomic mass is 10.2. The Labute approximate surface area is 107 Å². The van der Waals surface area contributed by atoms with Gasteiger partial charge in [-0.2, -0.15) is 0 Å². The molecule has 0 aliphatic rings. The van der Waals surface area contributed by atoms with Crippen LogP contribution in [0.3, 0.4) is 0 Å². The van der Waals surface area contributed by atoms with Crippen LogP contribution in [0.15, 0.2) is 8.68 Å². The number of rotatable bonds is 8. The normalized spacial score (nSPS) is 10.6. The summed E-state index contributed by atoms with van der Waals surface area (Å²) >= 11 is 4.92. The number of hydrogen-bond acceptors (Lipinski definition) is 6. The van der Waals surface area contributed by atoms with Crippen molar-refractivity contribution in [3.8, 4) is 0 Å². The minimum atomic E-state index is -0.707. The lowest BCUT2D eigenvalue weighted by Gasteiger charge is -1.97. The van der Waals surface area contributed by atoms with Crippen molar-refractivity contribution >= 4 is 40.8 Å². The molecule has 0 aliphatic heterocycles. The van der Waals surface area contributed by atoms with Gasteiger partial charge in [0, 0.05) is 12.2 Å². The molecule has 0 fully saturated rings. The first-order valence-corrected chi connectivity index (χ1v) is 7.97. The maximum Gasteiger partial charge on any atom is 0.303 e. The average Bonchev–Trinajstić information content (AvgIpc) is 2.70. The van der Waals surface area contributed by atoms with Crippen molar-refractivity contribution in [2.75, 3.05) is 12.0 Å². The zero-order valence-electron chi connectivity index (χ0n) is 9.01. The summed E-state index contributed by atoms with van der Waals surface area (Å²) in [5.41, 5.74) is 0. The van der Waals surface area contributed by atoms with Crippen LogP contribution < -0.4 is 0 Å². The van der Waals surface area contributed by atoms with E-state index < -0.39 is 5.97 Å². The Morgan fingerprint density at radius 1 is 1.31 bits per heavy atom. The Bertz CT molecular complexity index is 330. The fourth-order valence-corrected chi connectivity index (χ4v) is 3.56. The van der Waals surface area contributed by atoms with Crippen molar-refractivity contribution in [2.45, 2.75) is 34.4 Å². The van der Waals surface area contributed by atoms with Crippen molar-refractivity contribution in [3.05, 3.63) is 0 Å². The molecule has 0 saturated carbocycles. The molecule has 0 amide bonds. The second-order valence-corrected chi connectivity index (χ2v) is 6.46. The lowest BCUT2D eigenvalue weighted by Crippen LogP contribution is -1.93. The van der Waals surface area contributed by atoms with Gasteiger partial charge in [0.1, 0.15) is 0 Å². The number of hydrogen-bond donors (Lipinski definition) is 1. The summed E-state index contributed by atoms with van der Waals surface area (Å²) in [5, 5.41) is 16.5. The number of carboxylic acid groups (broad SMARTS) is 1. The van der Waals surface area contributed by atoms with Crippen LogP contribution in [0.5, 0.6) is 0 Å². The van der Waals surface area contributed by atoms with Crippen LogP contribution in [-0.4, -0.2) is 33.3 Å². The highest BCUT2D eigenvalue weighted by molar-refractivity contribution is 8.02. The zero-order chi connectivity index (χ0) is 11.8. The van der Waals surface area contributed by atoms with Gasteiger partial charge in [-0.15, -0.1) is 10.2 Å². The number of aromatic nitrogens is 2. The number of nitrogens with zero attached hydrogens (tertiary/aromatic N) is 2. The van der Waals surface area contributed by atoms with E-state index in [1.165, 1.54) is 0 Å². The number of unbranched alkanes of at least 4 members (excludes halogenated alkanes) is 2. The first-order valence-electron chi connectivity index (χ1n) is 4.94. The molecule has 0 atom stereocenters. The smallest absolute Gasteiger partial charge is 0.303 e. The van der Waals surface area contributed by atoms with Crippen LogP contribution in [0.1, 0.15) is 25.7 Å². The highest BCUT2D eigenvalue weighted by atomic mass is 32.2. The molecule has 0 radical (unpaired) electrons. The van der Waals surface area contributed by atoms with Crippen molar-refractivity contribution in [2.24, 2.45) is 0 Å². The third kappa shape index (κ3) is 5.72. The second kappa shape index (κ2) is 7.92. The van der Waals surface area contributed by atoms with E-state index >= 15 is 0 Å². The molecule has 90 valence electrons. The highest BCUT2D eigenvalue weighted by Crippen LogP contribution is 2.27. The predicted molar refractivity (Wildman–Crippen MR) is 68.5 cm³/mol. The second-order valence-electron chi connectivity index (χ2n) is 3.09. The minimum Gasteiger partial charge on any atom is -0.481 e. The molecule has 0 spiro atoms. The van der Waals surface area contributed by atoms with Crippen LogP contribution >= 0.6 is 34.9 Å². The zero-order valence-corrected chi connectivity index (χ0v) is 11.5. The van der Waals surface area contributed by atoms with E-state index in [2.05, 4.69) is 10.2 Å². The monoisotopic (exact) mass is 278 g/mol. The summed E-state index contributed by atoms with van der Waals surface area (Å²) in [5.74, 6) is 0.282.